The smallest absolute Gasteiger partial charge is 0.258 e. The molecule has 3 rings (SSSR count). The number of benzene rings is 1. The number of rotatable bonds is 1. The van der Waals surface area contributed by atoms with E-state index >= 15 is 0 Å². The summed E-state index contributed by atoms with van der Waals surface area (Å²) in [7, 11) is 0. The summed E-state index contributed by atoms with van der Waals surface area (Å²) in [5.74, 6) is -1.96. The lowest BCUT2D eigenvalue weighted by atomic mass is 10.0. The van der Waals surface area contributed by atoms with E-state index < -0.39 is 23.7 Å². The summed E-state index contributed by atoms with van der Waals surface area (Å²) in [4.78, 5) is 36.6. The number of nitrogens with zero attached hydrogens (tertiary/aromatic N) is 1. The molecule has 1 atom stereocenters. The Hall–Kier alpha value is -1.76. The van der Waals surface area contributed by atoms with E-state index in [9.17, 15) is 18.8 Å². The fraction of sp³-hybridized carbons (Fsp3) is 0.308. The number of carbonyl (C=O) groups is 3. The number of piperidine rings is 1. The Balaban J connectivity index is 1.93. The Kier molecular flexibility index (Phi) is 3.08. The van der Waals surface area contributed by atoms with Crippen molar-refractivity contribution in [1.82, 2.24) is 10.2 Å². The van der Waals surface area contributed by atoms with Crippen LogP contribution in [0.15, 0.2) is 16.6 Å². The fourth-order valence-electron chi connectivity index (χ4n) is 2.58. The van der Waals surface area contributed by atoms with E-state index in [1.807, 2.05) is 0 Å². The first-order chi connectivity index (χ1) is 9.49. The second-order valence-corrected chi connectivity index (χ2v) is 5.65. The average Bonchev–Trinajstić information content (AvgIpc) is 2.72. The molecule has 20 heavy (non-hydrogen) atoms. The zero-order valence-electron chi connectivity index (χ0n) is 10.3. The number of hydrogen-bond donors (Lipinski definition) is 1. The molecular weight excluding hydrogens is 331 g/mol. The van der Waals surface area contributed by atoms with Crippen LogP contribution in [0.4, 0.5) is 4.39 Å². The second kappa shape index (κ2) is 4.66. The molecule has 104 valence electrons. The lowest BCUT2D eigenvalue weighted by molar-refractivity contribution is -0.136. The number of carbonyl (C=O) groups excluding carboxylic acids is 3. The van der Waals surface area contributed by atoms with Crippen molar-refractivity contribution in [3.8, 4) is 0 Å². The molecule has 3 amide bonds. The van der Waals surface area contributed by atoms with Crippen LogP contribution < -0.4 is 5.32 Å². The maximum atomic E-state index is 14.0. The van der Waals surface area contributed by atoms with Crippen molar-refractivity contribution in [2.75, 3.05) is 0 Å². The van der Waals surface area contributed by atoms with Gasteiger partial charge in [0, 0.05) is 13.0 Å². The minimum Gasteiger partial charge on any atom is -0.322 e. The van der Waals surface area contributed by atoms with E-state index in [1.165, 1.54) is 11.0 Å². The highest BCUT2D eigenvalue weighted by atomic mass is 79.9. The molecule has 1 aromatic rings. The molecule has 0 unspecified atom stereocenters. The van der Waals surface area contributed by atoms with E-state index in [0.717, 1.165) is 0 Å². The third kappa shape index (κ3) is 1.93. The minimum absolute atomic E-state index is 0.00377. The van der Waals surface area contributed by atoms with Gasteiger partial charge in [0.1, 0.15) is 11.9 Å². The van der Waals surface area contributed by atoms with Gasteiger partial charge in [-0.05, 0) is 34.0 Å². The molecule has 0 bridgehead atoms. The maximum absolute atomic E-state index is 14.0. The lowest BCUT2D eigenvalue weighted by Gasteiger charge is -2.29. The van der Waals surface area contributed by atoms with Crippen molar-refractivity contribution >= 4 is 33.7 Å². The summed E-state index contributed by atoms with van der Waals surface area (Å²) in [5, 5.41) is 2.20. The van der Waals surface area contributed by atoms with E-state index in [1.54, 1.807) is 6.07 Å². The van der Waals surface area contributed by atoms with Crippen molar-refractivity contribution in [2.45, 2.75) is 25.4 Å². The normalized spacial score (nSPS) is 22.0. The molecule has 0 aliphatic carbocycles. The van der Waals surface area contributed by atoms with Gasteiger partial charge in [0.15, 0.2) is 0 Å². The number of halogens is 2. The largest absolute Gasteiger partial charge is 0.322 e. The van der Waals surface area contributed by atoms with Gasteiger partial charge in [-0.1, -0.05) is 6.07 Å². The standard InChI is InChI=1S/C13H10BrFN2O3/c14-7-2-1-6-5-17(13(20)10(6)11(7)15)8-3-4-9(18)16-12(8)19/h1-2,8H,3-5H2,(H,16,18,19)/t8-/m1/s1. The quantitative estimate of drug-likeness (QED) is 0.785. The summed E-state index contributed by atoms with van der Waals surface area (Å²) in [5.41, 5.74) is 0.560. The molecule has 0 aromatic heterocycles. The van der Waals surface area contributed by atoms with Crippen molar-refractivity contribution in [1.29, 1.82) is 0 Å². The average molecular weight is 341 g/mol. The number of fused-ring (bicyclic) bond motifs is 1. The molecule has 0 spiro atoms. The van der Waals surface area contributed by atoms with Crippen LogP contribution in [0.3, 0.4) is 0 Å². The number of amides is 3. The van der Waals surface area contributed by atoms with Crippen molar-refractivity contribution in [3.05, 3.63) is 33.5 Å². The molecule has 5 nitrogen and oxygen atoms in total. The van der Waals surface area contributed by atoms with Gasteiger partial charge < -0.3 is 4.90 Å². The summed E-state index contributed by atoms with van der Waals surface area (Å²) in [6.07, 6.45) is 0.454. The number of imide groups is 1. The molecule has 2 aliphatic rings. The first-order valence-corrected chi connectivity index (χ1v) is 6.90. The van der Waals surface area contributed by atoms with Gasteiger partial charge in [0.05, 0.1) is 10.0 Å². The van der Waals surface area contributed by atoms with E-state index in [-0.39, 0.29) is 35.3 Å². The molecule has 0 radical (unpaired) electrons. The van der Waals surface area contributed by atoms with Crippen LogP contribution in [0.2, 0.25) is 0 Å². The Morgan fingerprint density at radius 1 is 1.30 bits per heavy atom. The summed E-state index contributed by atoms with van der Waals surface area (Å²) in [6, 6.07) is 2.48. The first kappa shape index (κ1) is 13.2. The Morgan fingerprint density at radius 3 is 2.75 bits per heavy atom. The second-order valence-electron chi connectivity index (χ2n) is 4.80. The van der Waals surface area contributed by atoms with Crippen LogP contribution in [0.25, 0.3) is 0 Å². The molecule has 0 saturated carbocycles. The highest BCUT2D eigenvalue weighted by molar-refractivity contribution is 9.10. The zero-order valence-corrected chi connectivity index (χ0v) is 11.9. The topological polar surface area (TPSA) is 66.5 Å². The molecule has 7 heteroatoms. The van der Waals surface area contributed by atoms with Crippen LogP contribution in [0.1, 0.15) is 28.8 Å². The molecule has 2 aliphatic heterocycles. The molecule has 2 heterocycles. The van der Waals surface area contributed by atoms with E-state index in [4.69, 9.17) is 0 Å². The van der Waals surface area contributed by atoms with Gasteiger partial charge in [-0.15, -0.1) is 0 Å². The van der Waals surface area contributed by atoms with Gasteiger partial charge in [-0.3, -0.25) is 19.7 Å². The fourth-order valence-corrected chi connectivity index (χ4v) is 2.91. The predicted octanol–water partition coefficient (Wildman–Crippen LogP) is 1.35. The third-order valence-electron chi connectivity index (χ3n) is 3.58. The van der Waals surface area contributed by atoms with Crippen LogP contribution >= 0.6 is 15.9 Å². The minimum atomic E-state index is -0.717. The number of nitrogens with one attached hydrogen (secondary N) is 1. The molecule has 1 aromatic carbocycles. The molecule has 1 fully saturated rings. The van der Waals surface area contributed by atoms with Crippen LogP contribution in [0, 0.1) is 5.82 Å². The first-order valence-electron chi connectivity index (χ1n) is 6.10. The van der Waals surface area contributed by atoms with Crippen molar-refractivity contribution in [2.24, 2.45) is 0 Å². The van der Waals surface area contributed by atoms with Gasteiger partial charge in [0.25, 0.3) is 5.91 Å². The maximum Gasteiger partial charge on any atom is 0.258 e. The van der Waals surface area contributed by atoms with Crippen molar-refractivity contribution < 1.29 is 18.8 Å². The summed E-state index contributed by atoms with van der Waals surface area (Å²) < 4.78 is 14.2. The highest BCUT2D eigenvalue weighted by Crippen LogP contribution is 2.32. The van der Waals surface area contributed by atoms with Crippen molar-refractivity contribution in [3.63, 3.8) is 0 Å². The lowest BCUT2D eigenvalue weighted by Crippen LogP contribution is -2.52. The Morgan fingerprint density at radius 2 is 2.05 bits per heavy atom. The molecule has 1 N–H and O–H groups in total. The number of hydrogen-bond acceptors (Lipinski definition) is 3. The zero-order chi connectivity index (χ0) is 14.4. The monoisotopic (exact) mass is 340 g/mol. The van der Waals surface area contributed by atoms with Gasteiger partial charge in [0.2, 0.25) is 11.8 Å². The van der Waals surface area contributed by atoms with Crippen LogP contribution in [0.5, 0.6) is 0 Å². The van der Waals surface area contributed by atoms with Crippen LogP contribution in [-0.4, -0.2) is 28.7 Å². The van der Waals surface area contributed by atoms with E-state index in [0.29, 0.717) is 5.56 Å². The van der Waals surface area contributed by atoms with Gasteiger partial charge in [-0.2, -0.15) is 0 Å². The summed E-state index contributed by atoms with van der Waals surface area (Å²) in [6.45, 7) is 0.185. The highest BCUT2D eigenvalue weighted by Gasteiger charge is 2.40. The third-order valence-corrected chi connectivity index (χ3v) is 4.20. The van der Waals surface area contributed by atoms with Gasteiger partial charge in [-0.25, -0.2) is 4.39 Å². The SMILES string of the molecule is O=C1CC[C@@H](N2Cc3ccc(Br)c(F)c3C2=O)C(=O)N1. The van der Waals surface area contributed by atoms with E-state index in [2.05, 4.69) is 21.2 Å². The molecular formula is C13H10BrFN2O3. The summed E-state index contributed by atoms with van der Waals surface area (Å²) >= 11 is 3.04. The molecule has 1 saturated heterocycles. The Bertz CT molecular complexity index is 647. The Labute approximate surface area is 122 Å². The van der Waals surface area contributed by atoms with Gasteiger partial charge >= 0.3 is 0 Å². The van der Waals surface area contributed by atoms with Crippen LogP contribution in [-0.2, 0) is 16.1 Å². The predicted molar refractivity (Wildman–Crippen MR) is 70.1 cm³/mol.